The van der Waals surface area contributed by atoms with Crippen molar-refractivity contribution in [1.82, 2.24) is 0 Å². The van der Waals surface area contributed by atoms with Gasteiger partial charge in [-0.2, -0.15) is 0 Å². The summed E-state index contributed by atoms with van der Waals surface area (Å²) in [5.41, 5.74) is 1.08. The summed E-state index contributed by atoms with van der Waals surface area (Å²) in [7, 11) is 0. The Hall–Kier alpha value is -1.48. The standard InChI is InChI=1S/C20H13Cl4NO4S2/c1-2-28-17(26)9-29-18-14(23)5-10(6-15(18)24)7-16-19(27)25(20(30)31-16)11-3-4-12(21)13(22)8-11/h3-8H,2,9H2,1H3/b16-7+. The SMILES string of the molecule is CCOC(=O)COc1c(Cl)cc(/C=C2/SC(=S)N(c3ccc(Cl)c(Cl)c3)C2=O)cc1Cl. The van der Waals surface area contributed by atoms with E-state index in [1.807, 2.05) is 0 Å². The van der Waals surface area contributed by atoms with Gasteiger partial charge in [-0.25, -0.2) is 4.79 Å². The molecule has 0 bridgehead atoms. The molecule has 1 saturated heterocycles. The van der Waals surface area contributed by atoms with Crippen molar-refractivity contribution in [3.63, 3.8) is 0 Å². The van der Waals surface area contributed by atoms with Crippen LogP contribution in [0.25, 0.3) is 6.08 Å². The molecular weight excluding hydrogens is 524 g/mol. The molecule has 0 aliphatic carbocycles. The lowest BCUT2D eigenvalue weighted by Gasteiger charge is -2.15. The maximum atomic E-state index is 12.9. The Morgan fingerprint density at radius 2 is 1.77 bits per heavy atom. The molecule has 1 fully saturated rings. The number of halogens is 4. The molecule has 11 heteroatoms. The van der Waals surface area contributed by atoms with Crippen molar-refractivity contribution in [1.29, 1.82) is 0 Å². The lowest BCUT2D eigenvalue weighted by atomic mass is 10.2. The van der Waals surface area contributed by atoms with Crippen LogP contribution >= 0.6 is 70.4 Å². The molecule has 0 unspecified atom stereocenters. The van der Waals surface area contributed by atoms with Gasteiger partial charge in [0.25, 0.3) is 5.91 Å². The zero-order chi connectivity index (χ0) is 22.7. The fourth-order valence-electron chi connectivity index (χ4n) is 2.60. The minimum absolute atomic E-state index is 0.150. The van der Waals surface area contributed by atoms with E-state index in [1.54, 1.807) is 43.3 Å². The van der Waals surface area contributed by atoms with Crippen LogP contribution in [0, 0.1) is 0 Å². The number of rotatable bonds is 6. The van der Waals surface area contributed by atoms with Crippen LogP contribution in [0.4, 0.5) is 5.69 Å². The maximum Gasteiger partial charge on any atom is 0.344 e. The molecule has 1 aliphatic heterocycles. The second-order valence-corrected chi connectivity index (χ2v) is 9.33. The van der Waals surface area contributed by atoms with E-state index in [9.17, 15) is 9.59 Å². The summed E-state index contributed by atoms with van der Waals surface area (Å²) in [6, 6.07) is 7.96. The monoisotopic (exact) mass is 535 g/mol. The highest BCUT2D eigenvalue weighted by Crippen LogP contribution is 2.40. The van der Waals surface area contributed by atoms with Crippen molar-refractivity contribution in [3.8, 4) is 5.75 Å². The summed E-state index contributed by atoms with van der Waals surface area (Å²) in [6.45, 7) is 1.61. The van der Waals surface area contributed by atoms with Gasteiger partial charge in [-0.15, -0.1) is 0 Å². The summed E-state index contributed by atoms with van der Waals surface area (Å²) >= 11 is 31.0. The second-order valence-electron chi connectivity index (χ2n) is 6.02. The quantitative estimate of drug-likeness (QED) is 0.234. The Kier molecular flexibility index (Phi) is 8.13. The first-order chi connectivity index (χ1) is 14.7. The highest BCUT2D eigenvalue weighted by molar-refractivity contribution is 8.27. The molecule has 0 radical (unpaired) electrons. The van der Waals surface area contributed by atoms with Crippen molar-refractivity contribution in [2.24, 2.45) is 0 Å². The maximum absolute atomic E-state index is 12.9. The Morgan fingerprint density at radius 1 is 1.10 bits per heavy atom. The topological polar surface area (TPSA) is 55.8 Å². The third-order valence-electron chi connectivity index (χ3n) is 3.91. The highest BCUT2D eigenvalue weighted by Gasteiger charge is 2.33. The number of anilines is 1. The third-order valence-corrected chi connectivity index (χ3v) is 6.52. The van der Waals surface area contributed by atoms with E-state index in [1.165, 1.54) is 4.90 Å². The molecule has 0 aromatic heterocycles. The lowest BCUT2D eigenvalue weighted by Crippen LogP contribution is -2.27. The molecule has 0 atom stereocenters. The van der Waals surface area contributed by atoms with Gasteiger partial charge in [0, 0.05) is 0 Å². The molecule has 162 valence electrons. The number of carbonyl (C=O) groups is 2. The molecule has 1 amide bonds. The molecule has 1 heterocycles. The van der Waals surface area contributed by atoms with Gasteiger partial charge in [0.1, 0.15) is 0 Å². The molecule has 2 aromatic rings. The van der Waals surface area contributed by atoms with Crippen molar-refractivity contribution >= 4 is 98.3 Å². The average Bonchev–Trinajstić information content (AvgIpc) is 2.97. The van der Waals surface area contributed by atoms with Gasteiger partial charge in [-0.05, 0) is 48.9 Å². The number of nitrogens with zero attached hydrogens (tertiary/aromatic N) is 1. The first-order valence-electron chi connectivity index (χ1n) is 8.71. The molecule has 3 rings (SSSR count). The number of benzene rings is 2. The molecule has 2 aromatic carbocycles. The van der Waals surface area contributed by atoms with Gasteiger partial charge in [0.2, 0.25) is 0 Å². The van der Waals surface area contributed by atoms with E-state index in [4.69, 9.17) is 68.1 Å². The zero-order valence-corrected chi connectivity index (χ0v) is 20.4. The number of hydrogen-bond acceptors (Lipinski definition) is 6. The zero-order valence-electron chi connectivity index (χ0n) is 15.8. The Morgan fingerprint density at radius 3 is 2.39 bits per heavy atom. The summed E-state index contributed by atoms with van der Waals surface area (Å²) in [6.07, 6.45) is 1.61. The Balaban J connectivity index is 1.83. The Labute approximate surface area is 208 Å². The molecule has 31 heavy (non-hydrogen) atoms. The number of carbonyl (C=O) groups excluding carboxylic acids is 2. The van der Waals surface area contributed by atoms with Gasteiger partial charge in [0.05, 0.1) is 37.3 Å². The first kappa shape index (κ1) is 24.2. The summed E-state index contributed by atoms with van der Waals surface area (Å²) in [5.74, 6) is -0.704. The van der Waals surface area contributed by atoms with E-state index in [-0.39, 0.29) is 34.9 Å². The van der Waals surface area contributed by atoms with Crippen molar-refractivity contribution in [3.05, 3.63) is 60.9 Å². The number of esters is 1. The normalized spacial score (nSPS) is 15.0. The van der Waals surface area contributed by atoms with Crippen LogP contribution in [0.5, 0.6) is 5.75 Å². The second kappa shape index (κ2) is 10.4. The van der Waals surface area contributed by atoms with Crippen molar-refractivity contribution in [2.45, 2.75) is 6.92 Å². The minimum atomic E-state index is -0.537. The average molecular weight is 537 g/mol. The Bertz CT molecular complexity index is 1080. The fraction of sp³-hybridized carbons (Fsp3) is 0.150. The van der Waals surface area contributed by atoms with E-state index in [0.29, 0.717) is 30.5 Å². The van der Waals surface area contributed by atoms with Crippen molar-refractivity contribution < 1.29 is 19.1 Å². The van der Waals surface area contributed by atoms with Crippen LogP contribution in [0.1, 0.15) is 12.5 Å². The summed E-state index contributed by atoms with van der Waals surface area (Å²) in [5, 5.41) is 1.06. The van der Waals surface area contributed by atoms with E-state index >= 15 is 0 Å². The van der Waals surface area contributed by atoms with Crippen LogP contribution in [-0.4, -0.2) is 29.4 Å². The molecule has 0 saturated carbocycles. The van der Waals surface area contributed by atoms with E-state index in [0.717, 1.165) is 11.8 Å². The number of amides is 1. The highest BCUT2D eigenvalue weighted by atomic mass is 35.5. The number of thiocarbonyl (C=S) groups is 1. The largest absolute Gasteiger partial charge is 0.479 e. The van der Waals surface area contributed by atoms with Gasteiger partial charge in [-0.1, -0.05) is 70.4 Å². The smallest absolute Gasteiger partial charge is 0.344 e. The molecular formula is C20H13Cl4NO4S2. The van der Waals surface area contributed by atoms with Crippen LogP contribution in [0.15, 0.2) is 35.2 Å². The fourth-order valence-corrected chi connectivity index (χ4v) is 4.80. The van der Waals surface area contributed by atoms with Gasteiger partial charge >= 0.3 is 5.97 Å². The molecule has 5 nitrogen and oxygen atoms in total. The van der Waals surface area contributed by atoms with Crippen molar-refractivity contribution in [2.75, 3.05) is 18.1 Å². The van der Waals surface area contributed by atoms with Gasteiger partial charge in [0.15, 0.2) is 16.7 Å². The van der Waals surface area contributed by atoms with Gasteiger partial charge in [-0.3, -0.25) is 9.69 Å². The number of thioether (sulfide) groups is 1. The summed E-state index contributed by atoms with van der Waals surface area (Å²) in [4.78, 5) is 26.1. The predicted molar refractivity (Wildman–Crippen MR) is 131 cm³/mol. The lowest BCUT2D eigenvalue weighted by molar-refractivity contribution is -0.145. The van der Waals surface area contributed by atoms with Crippen LogP contribution in [-0.2, 0) is 14.3 Å². The van der Waals surface area contributed by atoms with Crippen LogP contribution < -0.4 is 9.64 Å². The first-order valence-corrected chi connectivity index (χ1v) is 11.5. The van der Waals surface area contributed by atoms with Crippen LogP contribution in [0.3, 0.4) is 0 Å². The summed E-state index contributed by atoms with van der Waals surface area (Å²) < 4.78 is 10.5. The van der Waals surface area contributed by atoms with E-state index < -0.39 is 5.97 Å². The van der Waals surface area contributed by atoms with Gasteiger partial charge < -0.3 is 9.47 Å². The molecule has 0 N–H and O–H groups in total. The predicted octanol–water partition coefficient (Wildman–Crippen LogP) is 6.65. The molecule has 0 spiro atoms. The van der Waals surface area contributed by atoms with Crippen LogP contribution in [0.2, 0.25) is 20.1 Å². The minimum Gasteiger partial charge on any atom is -0.479 e. The number of ether oxygens (including phenoxy) is 2. The molecule has 1 aliphatic rings. The third kappa shape index (κ3) is 5.66. The number of hydrogen-bond donors (Lipinski definition) is 0. The van der Waals surface area contributed by atoms with E-state index in [2.05, 4.69) is 0 Å².